The van der Waals surface area contributed by atoms with Crippen LogP contribution in [0, 0.1) is 0 Å². The van der Waals surface area contributed by atoms with Gasteiger partial charge in [0.2, 0.25) is 11.6 Å². The highest BCUT2D eigenvalue weighted by molar-refractivity contribution is 6.05. The lowest BCUT2D eigenvalue weighted by molar-refractivity contribution is -0.216. The number of rotatable bonds is 10. The van der Waals surface area contributed by atoms with Gasteiger partial charge >= 0.3 is 0 Å². The maximum absolute atomic E-state index is 13.2. The Morgan fingerprint density at radius 1 is 0.815 bits per heavy atom. The topological polar surface area (TPSA) is 72.8 Å². The number of hydrogen-bond acceptors (Lipinski definition) is 5. The highest BCUT2D eigenvalue weighted by atomic mass is 16.7. The normalized spacial score (nSPS) is 13.8. The van der Waals surface area contributed by atoms with Gasteiger partial charge in [-0.15, -0.1) is 0 Å². The fraction of sp³-hybridized carbons (Fsp3) is 0.364. The van der Waals surface area contributed by atoms with E-state index in [0.29, 0.717) is 11.1 Å². The van der Waals surface area contributed by atoms with Gasteiger partial charge in [-0.1, -0.05) is 60.7 Å². The summed E-state index contributed by atoms with van der Waals surface area (Å²) in [6, 6.07) is 17.1. The zero-order valence-corrected chi connectivity index (χ0v) is 16.0. The molecule has 0 aromatic heterocycles. The van der Waals surface area contributed by atoms with Gasteiger partial charge in [-0.2, -0.15) is 0 Å². The average molecular weight is 370 g/mol. The Balaban J connectivity index is 2.41. The Kier molecular flexibility index (Phi) is 7.02. The van der Waals surface area contributed by atoms with E-state index in [-0.39, 0.29) is 19.6 Å². The summed E-state index contributed by atoms with van der Waals surface area (Å²) in [5, 5.41) is 11.0. The first-order valence-corrected chi connectivity index (χ1v) is 9.06. The fourth-order valence-electron chi connectivity index (χ4n) is 3.06. The van der Waals surface area contributed by atoms with Crippen LogP contribution in [0.15, 0.2) is 60.7 Å². The molecule has 0 bridgehead atoms. The number of benzene rings is 2. The summed E-state index contributed by atoms with van der Waals surface area (Å²) < 4.78 is 11.4. The highest BCUT2D eigenvalue weighted by Gasteiger charge is 2.49. The fourth-order valence-corrected chi connectivity index (χ4v) is 3.06. The molecule has 2 aromatic rings. The summed E-state index contributed by atoms with van der Waals surface area (Å²) in [6.45, 7) is 5.23. The lowest BCUT2D eigenvalue weighted by Gasteiger charge is -2.36. The van der Waals surface area contributed by atoms with Gasteiger partial charge in [0, 0.05) is 30.8 Å². The zero-order valence-electron chi connectivity index (χ0n) is 16.0. The molecule has 0 aliphatic heterocycles. The van der Waals surface area contributed by atoms with Gasteiger partial charge in [-0.25, -0.2) is 0 Å². The number of ketones is 2. The summed E-state index contributed by atoms with van der Waals surface area (Å²) in [5.41, 5.74) is -1.10. The third kappa shape index (κ3) is 4.89. The van der Waals surface area contributed by atoms with Crippen LogP contribution in [-0.2, 0) is 9.47 Å². The molecule has 0 fully saturated rings. The van der Waals surface area contributed by atoms with Crippen molar-refractivity contribution in [3.8, 4) is 0 Å². The van der Waals surface area contributed by atoms with E-state index in [1.807, 2.05) is 0 Å². The van der Waals surface area contributed by atoms with Gasteiger partial charge in [-0.3, -0.25) is 9.59 Å². The number of carbonyl (C=O) groups excluding carboxylic acids is 2. The third-order valence-corrected chi connectivity index (χ3v) is 4.24. The molecule has 0 aliphatic carbocycles. The van der Waals surface area contributed by atoms with Crippen LogP contribution in [0.4, 0.5) is 0 Å². The van der Waals surface area contributed by atoms with Crippen LogP contribution in [0.5, 0.6) is 0 Å². The van der Waals surface area contributed by atoms with Crippen LogP contribution in [0.1, 0.15) is 47.9 Å². The van der Waals surface area contributed by atoms with Crippen molar-refractivity contribution in [1.29, 1.82) is 0 Å². The third-order valence-electron chi connectivity index (χ3n) is 4.24. The van der Waals surface area contributed by atoms with Crippen LogP contribution in [-0.4, -0.2) is 41.3 Å². The Morgan fingerprint density at radius 2 is 1.22 bits per heavy atom. The summed E-state index contributed by atoms with van der Waals surface area (Å²) in [5.74, 6) is -2.67. The van der Waals surface area contributed by atoms with Gasteiger partial charge in [0.15, 0.2) is 5.78 Å². The van der Waals surface area contributed by atoms with Gasteiger partial charge < -0.3 is 14.6 Å². The molecule has 0 amide bonds. The molecule has 1 atom stereocenters. The molecule has 0 heterocycles. The monoisotopic (exact) mass is 370 g/mol. The molecule has 0 aliphatic rings. The molecule has 5 heteroatoms. The first kappa shape index (κ1) is 21.0. The molecule has 2 rings (SSSR count). The predicted octanol–water partition coefficient (Wildman–Crippen LogP) is 3.66. The number of ether oxygens (including phenoxy) is 2. The quantitative estimate of drug-likeness (QED) is 0.510. The smallest absolute Gasteiger partial charge is 0.236 e. The molecule has 0 spiro atoms. The van der Waals surface area contributed by atoms with Crippen molar-refractivity contribution in [3.05, 3.63) is 71.8 Å². The Labute approximate surface area is 159 Å². The number of Topliss-reactive ketones (excluding diaryl/α,β-unsaturated/α-hetero) is 2. The van der Waals surface area contributed by atoms with Gasteiger partial charge in [-0.05, 0) is 20.8 Å². The molecule has 0 saturated heterocycles. The van der Waals surface area contributed by atoms with E-state index in [1.54, 1.807) is 74.5 Å². The second-order valence-corrected chi connectivity index (χ2v) is 6.46. The minimum absolute atomic E-state index is 0.189. The van der Waals surface area contributed by atoms with Gasteiger partial charge in [0.25, 0.3) is 0 Å². The van der Waals surface area contributed by atoms with Crippen molar-refractivity contribution in [3.63, 3.8) is 0 Å². The molecular weight excluding hydrogens is 344 g/mol. The van der Waals surface area contributed by atoms with Crippen molar-refractivity contribution >= 4 is 11.6 Å². The summed E-state index contributed by atoms with van der Waals surface area (Å²) in [6.07, 6.45) is -0.316. The zero-order chi connectivity index (χ0) is 19.9. The van der Waals surface area contributed by atoms with E-state index >= 15 is 0 Å². The van der Waals surface area contributed by atoms with Crippen molar-refractivity contribution in [2.75, 3.05) is 13.2 Å². The van der Waals surface area contributed by atoms with Crippen molar-refractivity contribution in [1.82, 2.24) is 0 Å². The minimum Gasteiger partial charge on any atom is -0.382 e. The Morgan fingerprint density at radius 3 is 1.63 bits per heavy atom. The highest BCUT2D eigenvalue weighted by Crippen LogP contribution is 2.32. The van der Waals surface area contributed by atoms with Crippen LogP contribution >= 0.6 is 0 Å². The second-order valence-electron chi connectivity index (χ2n) is 6.46. The molecule has 1 unspecified atom stereocenters. The number of hydrogen-bond donors (Lipinski definition) is 1. The number of carbonyl (C=O) groups is 2. The molecule has 27 heavy (non-hydrogen) atoms. The Hall–Kier alpha value is -2.34. The van der Waals surface area contributed by atoms with Crippen molar-refractivity contribution in [2.24, 2.45) is 0 Å². The standard InChI is InChI=1S/C22H26O5/c1-4-26-22(27-5-2,20(24)18-14-10-7-11-15-18)16-21(3,25)19(23)17-12-8-6-9-13-17/h6-15,25H,4-5,16H2,1-3H3. The Bertz CT molecular complexity index is 747. The van der Waals surface area contributed by atoms with Crippen molar-refractivity contribution in [2.45, 2.75) is 38.6 Å². The average Bonchev–Trinajstić information content (AvgIpc) is 2.68. The molecule has 1 N–H and O–H groups in total. The molecular formula is C22H26O5. The van der Waals surface area contributed by atoms with E-state index in [0.717, 1.165) is 0 Å². The van der Waals surface area contributed by atoms with Crippen molar-refractivity contribution < 1.29 is 24.2 Å². The largest absolute Gasteiger partial charge is 0.382 e. The minimum atomic E-state index is -1.85. The number of aliphatic hydroxyl groups is 1. The van der Waals surface area contributed by atoms with Gasteiger partial charge in [0.05, 0.1) is 0 Å². The van der Waals surface area contributed by atoms with E-state index in [9.17, 15) is 14.7 Å². The first-order chi connectivity index (χ1) is 12.9. The molecule has 0 saturated carbocycles. The summed E-state index contributed by atoms with van der Waals surface area (Å²) in [4.78, 5) is 26.1. The second kappa shape index (κ2) is 9.04. The lowest BCUT2D eigenvalue weighted by atomic mass is 9.85. The SMILES string of the molecule is CCOC(CC(C)(O)C(=O)c1ccccc1)(OCC)C(=O)c1ccccc1. The molecule has 2 aromatic carbocycles. The predicted molar refractivity (Wildman–Crippen MR) is 103 cm³/mol. The van der Waals surface area contributed by atoms with Crippen LogP contribution < -0.4 is 0 Å². The molecule has 5 nitrogen and oxygen atoms in total. The van der Waals surface area contributed by atoms with E-state index in [2.05, 4.69) is 0 Å². The first-order valence-electron chi connectivity index (χ1n) is 9.06. The van der Waals surface area contributed by atoms with Gasteiger partial charge in [0.1, 0.15) is 5.60 Å². The van der Waals surface area contributed by atoms with E-state index < -0.39 is 23.0 Å². The maximum atomic E-state index is 13.2. The van der Waals surface area contributed by atoms with E-state index in [1.165, 1.54) is 6.92 Å². The summed E-state index contributed by atoms with van der Waals surface area (Å²) in [7, 11) is 0. The van der Waals surface area contributed by atoms with Crippen LogP contribution in [0.3, 0.4) is 0 Å². The maximum Gasteiger partial charge on any atom is 0.236 e. The van der Waals surface area contributed by atoms with Crippen LogP contribution in [0.2, 0.25) is 0 Å². The lowest BCUT2D eigenvalue weighted by Crippen LogP contribution is -2.52. The molecule has 0 radical (unpaired) electrons. The summed E-state index contributed by atoms with van der Waals surface area (Å²) >= 11 is 0. The van der Waals surface area contributed by atoms with Crippen LogP contribution in [0.25, 0.3) is 0 Å². The molecule has 144 valence electrons. The van der Waals surface area contributed by atoms with E-state index in [4.69, 9.17) is 9.47 Å².